The number of ether oxygens (including phenoxy) is 3. The minimum absolute atomic E-state index is 0.288. The minimum Gasteiger partial charge on any atom is -0.491 e. The van der Waals surface area contributed by atoms with E-state index in [1.807, 2.05) is 18.2 Å². The van der Waals surface area contributed by atoms with Crippen LogP contribution in [-0.2, 0) is 21.8 Å². The molecule has 8 nitrogen and oxygen atoms in total. The average molecular weight is 532 g/mol. The second-order valence-electron chi connectivity index (χ2n) is 9.44. The Morgan fingerprint density at radius 2 is 1.86 bits per heavy atom. The molecule has 0 saturated carbocycles. The maximum Gasteiger partial charge on any atom is 0.217 e. The van der Waals surface area contributed by atoms with E-state index >= 15 is 0 Å². The molecule has 0 unspecified atom stereocenters. The molecule has 10 heteroatoms. The highest BCUT2D eigenvalue weighted by Gasteiger charge is 2.45. The number of rotatable bonds is 8. The zero-order chi connectivity index (χ0) is 25.1. The number of halogens is 2. The number of nitrogens with zero attached hydrogens (tertiary/aromatic N) is 5. The fourth-order valence-corrected chi connectivity index (χ4v) is 5.27. The maximum absolute atomic E-state index is 6.53. The Balaban J connectivity index is 1.21. The van der Waals surface area contributed by atoms with E-state index in [1.54, 1.807) is 23.1 Å². The lowest BCUT2D eigenvalue weighted by atomic mass is 10.1. The van der Waals surface area contributed by atoms with Crippen LogP contribution in [0.5, 0.6) is 5.75 Å². The lowest BCUT2D eigenvalue weighted by Crippen LogP contribution is -2.48. The van der Waals surface area contributed by atoms with Crippen molar-refractivity contribution in [1.82, 2.24) is 19.7 Å². The molecule has 2 aliphatic heterocycles. The monoisotopic (exact) mass is 531 g/mol. The molecule has 0 aliphatic carbocycles. The quantitative estimate of drug-likeness (QED) is 0.425. The van der Waals surface area contributed by atoms with Crippen molar-refractivity contribution < 1.29 is 14.2 Å². The summed E-state index contributed by atoms with van der Waals surface area (Å²) in [5.74, 6) is -0.327. The molecule has 36 heavy (non-hydrogen) atoms. The predicted molar refractivity (Wildman–Crippen MR) is 140 cm³/mol. The zero-order valence-electron chi connectivity index (χ0n) is 20.5. The minimum atomic E-state index is -1.12. The molecule has 0 spiro atoms. The Kier molecular flexibility index (Phi) is 7.69. The second kappa shape index (κ2) is 10.9. The van der Waals surface area contributed by atoms with Gasteiger partial charge in [0.2, 0.25) is 5.79 Å². The van der Waals surface area contributed by atoms with Crippen molar-refractivity contribution in [2.24, 2.45) is 0 Å². The number of piperazine rings is 1. The summed E-state index contributed by atoms with van der Waals surface area (Å²) in [6.07, 6.45) is 2.80. The van der Waals surface area contributed by atoms with E-state index in [4.69, 9.17) is 37.4 Å². The van der Waals surface area contributed by atoms with Crippen molar-refractivity contribution in [2.75, 3.05) is 44.3 Å². The standard InChI is InChI=1S/C26H31Cl2N5O3/c1-19(2)31-9-11-32(12-10-31)21-4-6-22(7-5-21)34-14-23-15-35-26(36-23,16-33-18-29-17-30-33)24-8-3-20(27)13-25(24)28/h3-8,13,17-19,23H,9-12,14-16H2,1-2H3/t23-,26+/m1/s1. The van der Waals surface area contributed by atoms with Crippen LogP contribution in [0.2, 0.25) is 10.0 Å². The summed E-state index contributed by atoms with van der Waals surface area (Å²) in [5, 5.41) is 5.22. The van der Waals surface area contributed by atoms with E-state index in [0.717, 1.165) is 31.9 Å². The van der Waals surface area contributed by atoms with E-state index < -0.39 is 5.79 Å². The lowest BCUT2D eigenvalue weighted by molar-refractivity contribution is -0.190. The molecular weight excluding hydrogens is 501 g/mol. The topological polar surface area (TPSA) is 64.9 Å². The largest absolute Gasteiger partial charge is 0.491 e. The fourth-order valence-electron chi connectivity index (χ4n) is 4.72. The molecule has 3 aromatic rings. The normalized spacial score (nSPS) is 22.9. The fraction of sp³-hybridized carbons (Fsp3) is 0.462. The van der Waals surface area contributed by atoms with E-state index in [-0.39, 0.29) is 6.10 Å². The molecular formula is C26H31Cl2N5O3. The van der Waals surface area contributed by atoms with Crippen LogP contribution in [0.3, 0.4) is 0 Å². The van der Waals surface area contributed by atoms with Crippen molar-refractivity contribution >= 4 is 28.9 Å². The molecule has 0 N–H and O–H groups in total. The third kappa shape index (κ3) is 5.63. The van der Waals surface area contributed by atoms with Gasteiger partial charge in [-0.25, -0.2) is 9.67 Å². The van der Waals surface area contributed by atoms with Crippen molar-refractivity contribution in [3.63, 3.8) is 0 Å². The first-order valence-corrected chi connectivity index (χ1v) is 13.0. The Hall–Kier alpha value is -2.36. The molecule has 2 atom stereocenters. The van der Waals surface area contributed by atoms with Crippen LogP contribution in [0.25, 0.3) is 0 Å². The van der Waals surface area contributed by atoms with Gasteiger partial charge in [0.25, 0.3) is 0 Å². The van der Waals surface area contributed by atoms with Gasteiger partial charge in [-0.3, -0.25) is 4.90 Å². The lowest BCUT2D eigenvalue weighted by Gasteiger charge is -2.38. The number of benzene rings is 2. The molecule has 2 aromatic carbocycles. The number of anilines is 1. The van der Waals surface area contributed by atoms with Crippen LogP contribution >= 0.6 is 23.2 Å². The van der Waals surface area contributed by atoms with E-state index in [9.17, 15) is 0 Å². The van der Waals surface area contributed by atoms with Crippen LogP contribution in [0.15, 0.2) is 55.1 Å². The van der Waals surface area contributed by atoms with Crippen LogP contribution in [-0.4, -0.2) is 71.2 Å². The zero-order valence-corrected chi connectivity index (χ0v) is 22.0. The van der Waals surface area contributed by atoms with Crippen LogP contribution in [0.1, 0.15) is 19.4 Å². The highest BCUT2D eigenvalue weighted by molar-refractivity contribution is 6.35. The molecule has 0 amide bonds. The Labute approximate surface area is 221 Å². The highest BCUT2D eigenvalue weighted by atomic mass is 35.5. The van der Waals surface area contributed by atoms with E-state index in [0.29, 0.717) is 41.4 Å². The summed E-state index contributed by atoms with van der Waals surface area (Å²) in [7, 11) is 0. The predicted octanol–water partition coefficient (Wildman–Crippen LogP) is 4.46. The summed E-state index contributed by atoms with van der Waals surface area (Å²) in [6.45, 7) is 9.74. The first-order valence-electron chi connectivity index (χ1n) is 12.2. The Morgan fingerprint density at radius 1 is 1.08 bits per heavy atom. The van der Waals surface area contributed by atoms with E-state index in [2.05, 4.69) is 45.9 Å². The average Bonchev–Trinajstić information content (AvgIpc) is 3.54. The molecule has 0 bridgehead atoms. The van der Waals surface area contributed by atoms with Gasteiger partial charge in [-0.15, -0.1) is 0 Å². The summed E-state index contributed by atoms with van der Waals surface area (Å²) in [5.41, 5.74) is 1.91. The Morgan fingerprint density at radius 3 is 2.53 bits per heavy atom. The second-order valence-corrected chi connectivity index (χ2v) is 10.3. The van der Waals surface area contributed by atoms with Crippen molar-refractivity contribution in [2.45, 2.75) is 38.3 Å². The highest BCUT2D eigenvalue weighted by Crippen LogP contribution is 2.40. The van der Waals surface area contributed by atoms with Crippen LogP contribution in [0, 0.1) is 0 Å². The molecule has 5 rings (SSSR count). The van der Waals surface area contributed by atoms with Gasteiger partial charge in [-0.2, -0.15) is 5.10 Å². The van der Waals surface area contributed by atoms with Gasteiger partial charge < -0.3 is 19.1 Å². The van der Waals surface area contributed by atoms with Crippen molar-refractivity contribution in [3.8, 4) is 5.75 Å². The Bertz CT molecular complexity index is 1140. The molecule has 1 aromatic heterocycles. The van der Waals surface area contributed by atoms with Gasteiger partial charge in [0, 0.05) is 48.5 Å². The van der Waals surface area contributed by atoms with Crippen LogP contribution in [0.4, 0.5) is 5.69 Å². The third-order valence-electron chi connectivity index (χ3n) is 6.72. The van der Waals surface area contributed by atoms with Gasteiger partial charge in [-0.1, -0.05) is 29.3 Å². The molecule has 0 radical (unpaired) electrons. The van der Waals surface area contributed by atoms with E-state index in [1.165, 1.54) is 12.0 Å². The van der Waals surface area contributed by atoms with Gasteiger partial charge >= 0.3 is 0 Å². The summed E-state index contributed by atoms with van der Waals surface area (Å²) in [6, 6.07) is 14.1. The van der Waals surface area contributed by atoms with Crippen molar-refractivity contribution in [1.29, 1.82) is 0 Å². The van der Waals surface area contributed by atoms with Gasteiger partial charge in [0.1, 0.15) is 37.7 Å². The summed E-state index contributed by atoms with van der Waals surface area (Å²) >= 11 is 12.7. The number of aromatic nitrogens is 3. The summed E-state index contributed by atoms with van der Waals surface area (Å²) in [4.78, 5) is 8.96. The van der Waals surface area contributed by atoms with Gasteiger partial charge in [0.15, 0.2) is 0 Å². The SMILES string of the molecule is CC(C)N1CCN(c2ccc(OC[C@@H]3CO[C@](Cn4cncn4)(c4ccc(Cl)cc4Cl)O3)cc2)CC1. The molecule has 3 heterocycles. The first kappa shape index (κ1) is 25.3. The molecule has 2 fully saturated rings. The van der Waals surface area contributed by atoms with Crippen LogP contribution < -0.4 is 9.64 Å². The first-order chi connectivity index (χ1) is 17.4. The molecule has 2 aliphatic rings. The smallest absolute Gasteiger partial charge is 0.217 e. The number of hydrogen-bond donors (Lipinski definition) is 0. The maximum atomic E-state index is 6.53. The van der Waals surface area contributed by atoms with Crippen molar-refractivity contribution in [3.05, 3.63) is 70.7 Å². The molecule has 2 saturated heterocycles. The third-order valence-corrected chi connectivity index (χ3v) is 7.27. The van der Waals surface area contributed by atoms with Gasteiger partial charge in [0.05, 0.1) is 11.6 Å². The van der Waals surface area contributed by atoms with Gasteiger partial charge in [-0.05, 0) is 50.2 Å². The summed E-state index contributed by atoms with van der Waals surface area (Å²) < 4.78 is 20.4. The number of hydrogen-bond acceptors (Lipinski definition) is 7. The molecule has 192 valence electrons.